The molecule has 0 spiro atoms. The van der Waals surface area contributed by atoms with Crippen molar-refractivity contribution in [2.45, 2.75) is 27.2 Å². The van der Waals surface area contributed by atoms with Gasteiger partial charge in [0.05, 0.1) is 0 Å². The van der Waals surface area contributed by atoms with Gasteiger partial charge in [0.15, 0.2) is 0 Å². The van der Waals surface area contributed by atoms with Crippen LogP contribution in [0.4, 0.5) is 0 Å². The molecule has 0 saturated carbocycles. The van der Waals surface area contributed by atoms with Crippen molar-refractivity contribution in [3.63, 3.8) is 0 Å². The van der Waals surface area contributed by atoms with E-state index in [0.717, 1.165) is 13.0 Å². The summed E-state index contributed by atoms with van der Waals surface area (Å²) >= 11 is 0. The summed E-state index contributed by atoms with van der Waals surface area (Å²) in [7, 11) is 3.98. The first-order chi connectivity index (χ1) is 6.81. The molecule has 0 atom stereocenters. The molecule has 0 unspecified atom stereocenters. The molecule has 0 rings (SSSR count). The topological polar surface area (TPSA) is 32.3 Å². The van der Waals surface area contributed by atoms with Crippen molar-refractivity contribution in [3.05, 3.63) is 12.2 Å². The van der Waals surface area contributed by atoms with Gasteiger partial charge in [0.25, 0.3) is 0 Å². The summed E-state index contributed by atoms with van der Waals surface area (Å²) in [6, 6.07) is 0. The highest BCUT2D eigenvalue weighted by Gasteiger charge is 2.06. The molecule has 0 aromatic heterocycles. The molecule has 0 fully saturated rings. The van der Waals surface area contributed by atoms with Crippen molar-refractivity contribution in [1.82, 2.24) is 10.2 Å². The molecule has 88 valence electrons. The van der Waals surface area contributed by atoms with Gasteiger partial charge in [-0.25, -0.2) is 0 Å². The van der Waals surface area contributed by atoms with Gasteiger partial charge in [-0.3, -0.25) is 4.79 Å². The second kappa shape index (κ2) is 6.62. The van der Waals surface area contributed by atoms with Crippen molar-refractivity contribution in [1.29, 1.82) is 0 Å². The Morgan fingerprint density at radius 3 is 2.40 bits per heavy atom. The van der Waals surface area contributed by atoms with Gasteiger partial charge in [-0.2, -0.15) is 0 Å². The summed E-state index contributed by atoms with van der Waals surface area (Å²) in [5.41, 5.74) is 0.250. The SMILES string of the molecule is CN(C)CCNC(=O)/C=C/CC(C)(C)C. The summed E-state index contributed by atoms with van der Waals surface area (Å²) < 4.78 is 0. The number of rotatable bonds is 5. The highest BCUT2D eigenvalue weighted by Crippen LogP contribution is 2.18. The van der Waals surface area contributed by atoms with Crippen LogP contribution in [0.15, 0.2) is 12.2 Å². The first kappa shape index (κ1) is 14.2. The fraction of sp³-hybridized carbons (Fsp3) is 0.750. The summed E-state index contributed by atoms with van der Waals surface area (Å²) in [6.07, 6.45) is 4.49. The van der Waals surface area contributed by atoms with Crippen LogP contribution in [0.1, 0.15) is 27.2 Å². The lowest BCUT2D eigenvalue weighted by Gasteiger charge is -2.14. The van der Waals surface area contributed by atoms with E-state index in [1.807, 2.05) is 25.1 Å². The molecular formula is C12H24N2O. The molecular weight excluding hydrogens is 188 g/mol. The second-order valence-electron chi connectivity index (χ2n) is 5.26. The molecule has 1 amide bonds. The highest BCUT2D eigenvalue weighted by molar-refractivity contribution is 5.87. The van der Waals surface area contributed by atoms with E-state index < -0.39 is 0 Å². The number of hydrogen-bond donors (Lipinski definition) is 1. The zero-order chi connectivity index (χ0) is 11.9. The van der Waals surface area contributed by atoms with Crippen LogP contribution in [0.25, 0.3) is 0 Å². The van der Waals surface area contributed by atoms with Crippen LogP contribution in [0.2, 0.25) is 0 Å². The zero-order valence-corrected chi connectivity index (χ0v) is 10.6. The standard InChI is InChI=1S/C12H24N2O/c1-12(2,3)8-6-7-11(15)13-9-10-14(4)5/h6-7H,8-10H2,1-5H3,(H,13,15)/b7-6+. The molecule has 0 bridgehead atoms. The maximum absolute atomic E-state index is 11.3. The Morgan fingerprint density at radius 1 is 1.33 bits per heavy atom. The predicted molar refractivity (Wildman–Crippen MR) is 64.8 cm³/mol. The Morgan fingerprint density at radius 2 is 1.93 bits per heavy atom. The van der Waals surface area contributed by atoms with E-state index in [-0.39, 0.29) is 11.3 Å². The Labute approximate surface area is 93.5 Å². The number of carbonyl (C=O) groups is 1. The minimum absolute atomic E-state index is 0.00102. The molecule has 0 saturated heterocycles. The van der Waals surface area contributed by atoms with Gasteiger partial charge in [0.1, 0.15) is 0 Å². The van der Waals surface area contributed by atoms with Gasteiger partial charge in [0.2, 0.25) is 5.91 Å². The van der Waals surface area contributed by atoms with Crippen LogP contribution in [0.5, 0.6) is 0 Å². The monoisotopic (exact) mass is 212 g/mol. The lowest BCUT2D eigenvalue weighted by molar-refractivity contribution is -0.116. The minimum Gasteiger partial charge on any atom is -0.351 e. The van der Waals surface area contributed by atoms with Crippen molar-refractivity contribution in [3.8, 4) is 0 Å². The predicted octanol–water partition coefficient (Wildman–Crippen LogP) is 1.66. The summed E-state index contributed by atoms with van der Waals surface area (Å²) in [4.78, 5) is 13.3. The van der Waals surface area contributed by atoms with E-state index in [2.05, 4.69) is 26.1 Å². The van der Waals surface area contributed by atoms with Crippen molar-refractivity contribution in [2.75, 3.05) is 27.2 Å². The first-order valence-electron chi connectivity index (χ1n) is 5.40. The van der Waals surface area contributed by atoms with Crippen LogP contribution >= 0.6 is 0 Å². The number of nitrogens with zero attached hydrogens (tertiary/aromatic N) is 1. The van der Waals surface area contributed by atoms with Crippen molar-refractivity contribution in [2.24, 2.45) is 5.41 Å². The molecule has 0 aliphatic carbocycles. The Bertz CT molecular complexity index is 214. The normalized spacial score (nSPS) is 12.4. The van der Waals surface area contributed by atoms with Crippen molar-refractivity contribution >= 4 is 5.91 Å². The van der Waals surface area contributed by atoms with E-state index in [1.54, 1.807) is 6.08 Å². The first-order valence-corrected chi connectivity index (χ1v) is 5.40. The molecule has 3 heteroatoms. The van der Waals surface area contributed by atoms with Gasteiger partial charge in [-0.05, 0) is 32.0 Å². The third-order valence-corrected chi connectivity index (χ3v) is 1.86. The number of nitrogens with one attached hydrogen (secondary N) is 1. The highest BCUT2D eigenvalue weighted by atomic mass is 16.1. The molecule has 3 nitrogen and oxygen atoms in total. The van der Waals surface area contributed by atoms with Gasteiger partial charge in [-0.15, -0.1) is 0 Å². The van der Waals surface area contributed by atoms with E-state index in [4.69, 9.17) is 0 Å². The van der Waals surface area contributed by atoms with Gasteiger partial charge < -0.3 is 10.2 Å². The summed E-state index contributed by atoms with van der Waals surface area (Å²) in [5, 5.41) is 2.83. The maximum atomic E-state index is 11.3. The average molecular weight is 212 g/mol. The quantitative estimate of drug-likeness (QED) is 0.703. The van der Waals surface area contributed by atoms with Crippen LogP contribution in [-0.2, 0) is 4.79 Å². The number of hydrogen-bond acceptors (Lipinski definition) is 2. The van der Waals surface area contributed by atoms with Crippen LogP contribution in [-0.4, -0.2) is 38.0 Å². The molecule has 0 aromatic rings. The Balaban J connectivity index is 3.65. The van der Waals surface area contributed by atoms with E-state index in [9.17, 15) is 4.79 Å². The van der Waals surface area contributed by atoms with Gasteiger partial charge in [0, 0.05) is 13.1 Å². The largest absolute Gasteiger partial charge is 0.351 e. The van der Waals surface area contributed by atoms with Crippen molar-refractivity contribution < 1.29 is 4.79 Å². The minimum atomic E-state index is 0.00102. The van der Waals surface area contributed by atoms with E-state index >= 15 is 0 Å². The fourth-order valence-electron chi connectivity index (χ4n) is 0.981. The molecule has 0 aliphatic heterocycles. The molecule has 0 aromatic carbocycles. The third-order valence-electron chi connectivity index (χ3n) is 1.86. The number of likely N-dealkylation sites (N-methyl/N-ethyl adjacent to an activating group) is 1. The Hall–Kier alpha value is -0.830. The van der Waals surface area contributed by atoms with Gasteiger partial charge in [-0.1, -0.05) is 26.8 Å². The zero-order valence-electron chi connectivity index (χ0n) is 10.6. The molecule has 15 heavy (non-hydrogen) atoms. The molecule has 0 heterocycles. The second-order valence-corrected chi connectivity index (χ2v) is 5.26. The average Bonchev–Trinajstić information content (AvgIpc) is 2.00. The maximum Gasteiger partial charge on any atom is 0.243 e. The van der Waals surface area contributed by atoms with E-state index in [1.165, 1.54) is 0 Å². The van der Waals surface area contributed by atoms with Crippen LogP contribution in [0, 0.1) is 5.41 Å². The summed E-state index contributed by atoms with van der Waals surface area (Å²) in [6.45, 7) is 8.04. The lowest BCUT2D eigenvalue weighted by Crippen LogP contribution is -2.30. The van der Waals surface area contributed by atoms with Gasteiger partial charge >= 0.3 is 0 Å². The third kappa shape index (κ3) is 11.1. The summed E-state index contributed by atoms with van der Waals surface area (Å²) in [5.74, 6) is 0.00102. The number of allylic oxidation sites excluding steroid dienone is 1. The number of amides is 1. The smallest absolute Gasteiger partial charge is 0.243 e. The van der Waals surface area contributed by atoms with Crippen LogP contribution < -0.4 is 5.32 Å². The molecule has 1 N–H and O–H groups in total. The molecule has 0 radical (unpaired) electrons. The lowest BCUT2D eigenvalue weighted by atomic mass is 9.92. The van der Waals surface area contributed by atoms with Crippen LogP contribution in [0.3, 0.4) is 0 Å². The molecule has 0 aliphatic rings. The fourth-order valence-corrected chi connectivity index (χ4v) is 0.981. The van der Waals surface area contributed by atoms with E-state index in [0.29, 0.717) is 6.54 Å². The number of carbonyl (C=O) groups excluding carboxylic acids is 1. The Kier molecular flexibility index (Phi) is 6.25.